The highest BCUT2D eigenvalue weighted by atomic mass is 15.2. The lowest BCUT2D eigenvalue weighted by atomic mass is 9.85. The fourth-order valence-electron chi connectivity index (χ4n) is 3.91. The minimum absolute atomic E-state index is 0.709. The van der Waals surface area contributed by atoms with Gasteiger partial charge in [-0.1, -0.05) is 32.0 Å². The highest BCUT2D eigenvalue weighted by Gasteiger charge is 2.28. The van der Waals surface area contributed by atoms with Gasteiger partial charge in [0.1, 0.15) is 0 Å². The fourth-order valence-corrected chi connectivity index (χ4v) is 3.91. The topological polar surface area (TPSA) is 15.3 Å². The van der Waals surface area contributed by atoms with Crippen LogP contribution in [0.4, 0.5) is 0 Å². The molecular weight excluding hydrogens is 244 g/mol. The smallest absolute Gasteiger partial charge is 0.0236 e. The summed E-state index contributed by atoms with van der Waals surface area (Å²) >= 11 is 0. The lowest BCUT2D eigenvalue weighted by molar-refractivity contribution is 0.0729. The molecule has 0 aliphatic carbocycles. The molecule has 0 radical (unpaired) electrons. The van der Waals surface area contributed by atoms with Crippen LogP contribution >= 0.6 is 0 Å². The lowest BCUT2D eigenvalue weighted by Crippen LogP contribution is -2.45. The summed E-state index contributed by atoms with van der Waals surface area (Å²) in [5.74, 6) is 1.65. The summed E-state index contributed by atoms with van der Waals surface area (Å²) in [6.07, 6.45) is 2.57. The van der Waals surface area contributed by atoms with E-state index in [1.807, 2.05) is 0 Å². The van der Waals surface area contributed by atoms with Crippen LogP contribution in [0.2, 0.25) is 0 Å². The van der Waals surface area contributed by atoms with Crippen LogP contribution in [-0.2, 0) is 19.5 Å². The Morgan fingerprint density at radius 1 is 1.20 bits per heavy atom. The highest BCUT2D eigenvalue weighted by molar-refractivity contribution is 5.33. The van der Waals surface area contributed by atoms with E-state index in [0.717, 1.165) is 31.5 Å². The van der Waals surface area contributed by atoms with E-state index >= 15 is 0 Å². The van der Waals surface area contributed by atoms with Gasteiger partial charge in [-0.2, -0.15) is 0 Å². The number of hydrogen-bond donors (Lipinski definition) is 1. The number of hydrogen-bond acceptors (Lipinski definition) is 2. The first-order chi connectivity index (χ1) is 9.63. The summed E-state index contributed by atoms with van der Waals surface area (Å²) in [4.78, 5) is 2.68. The molecule has 2 aliphatic rings. The molecule has 0 spiro atoms. The molecule has 0 saturated carbocycles. The second-order valence-corrected chi connectivity index (χ2v) is 7.02. The quantitative estimate of drug-likeness (QED) is 0.889. The van der Waals surface area contributed by atoms with Crippen LogP contribution in [0.1, 0.15) is 43.9 Å². The maximum absolute atomic E-state index is 3.48. The van der Waals surface area contributed by atoms with Gasteiger partial charge in [0.05, 0.1) is 0 Å². The van der Waals surface area contributed by atoms with Gasteiger partial charge in [-0.15, -0.1) is 0 Å². The van der Waals surface area contributed by atoms with Gasteiger partial charge >= 0.3 is 0 Å². The average molecular weight is 272 g/mol. The summed E-state index contributed by atoms with van der Waals surface area (Å²) in [7, 11) is 0. The first-order valence-corrected chi connectivity index (χ1v) is 8.19. The van der Waals surface area contributed by atoms with Crippen LogP contribution in [0, 0.1) is 11.8 Å². The Balaban J connectivity index is 1.73. The third-order valence-corrected chi connectivity index (χ3v) is 5.26. The molecule has 3 unspecified atom stereocenters. The van der Waals surface area contributed by atoms with Crippen molar-refractivity contribution < 1.29 is 0 Å². The van der Waals surface area contributed by atoms with E-state index in [0.29, 0.717) is 6.04 Å². The first kappa shape index (κ1) is 14.1. The van der Waals surface area contributed by atoms with Crippen LogP contribution < -0.4 is 5.32 Å². The molecule has 1 N–H and O–H groups in total. The van der Waals surface area contributed by atoms with Gasteiger partial charge in [0.25, 0.3) is 0 Å². The zero-order chi connectivity index (χ0) is 14.1. The number of nitrogens with zero attached hydrogens (tertiary/aromatic N) is 1. The summed E-state index contributed by atoms with van der Waals surface area (Å²) in [6.45, 7) is 11.7. The third kappa shape index (κ3) is 2.91. The predicted molar refractivity (Wildman–Crippen MR) is 84.7 cm³/mol. The fraction of sp³-hybridized carbons (Fsp3) is 0.667. The third-order valence-electron chi connectivity index (χ3n) is 5.26. The van der Waals surface area contributed by atoms with E-state index in [1.54, 1.807) is 5.56 Å². The molecule has 110 valence electrons. The van der Waals surface area contributed by atoms with Gasteiger partial charge in [-0.3, -0.25) is 4.90 Å². The van der Waals surface area contributed by atoms with E-state index in [1.165, 1.54) is 30.5 Å². The summed E-state index contributed by atoms with van der Waals surface area (Å²) in [5.41, 5.74) is 4.54. The van der Waals surface area contributed by atoms with Gasteiger partial charge < -0.3 is 5.32 Å². The maximum atomic E-state index is 3.48. The van der Waals surface area contributed by atoms with Crippen molar-refractivity contribution in [2.75, 3.05) is 13.1 Å². The number of rotatable bonds is 2. The molecule has 0 aromatic heterocycles. The minimum Gasteiger partial charge on any atom is -0.312 e. The molecule has 1 aromatic rings. The molecule has 20 heavy (non-hydrogen) atoms. The van der Waals surface area contributed by atoms with E-state index in [9.17, 15) is 0 Å². The first-order valence-electron chi connectivity index (χ1n) is 8.19. The van der Waals surface area contributed by atoms with Crippen molar-refractivity contribution in [3.8, 4) is 0 Å². The zero-order valence-electron chi connectivity index (χ0n) is 13.2. The molecule has 2 heterocycles. The Bertz CT molecular complexity index is 468. The molecule has 3 atom stereocenters. The summed E-state index contributed by atoms with van der Waals surface area (Å²) < 4.78 is 0. The second-order valence-electron chi connectivity index (χ2n) is 7.02. The van der Waals surface area contributed by atoms with E-state index in [4.69, 9.17) is 0 Å². The number of nitrogens with one attached hydrogen (secondary N) is 1. The van der Waals surface area contributed by atoms with Crippen LogP contribution in [0.15, 0.2) is 18.2 Å². The Labute approximate surface area is 123 Å². The number of likely N-dealkylation sites (tertiary alicyclic amines) is 1. The molecule has 2 heteroatoms. The standard InChI is InChI=1S/C18H28N2/c1-13-8-14(2)15(3)20(11-13)12-16-4-5-17-6-7-19-10-18(17)9-16/h4-5,9,13-15,19H,6-8,10-12H2,1-3H3. The molecule has 1 fully saturated rings. The Kier molecular flexibility index (Phi) is 4.13. The molecule has 2 aliphatic heterocycles. The van der Waals surface area contributed by atoms with Crippen LogP contribution in [0.25, 0.3) is 0 Å². The van der Waals surface area contributed by atoms with Gasteiger partial charge in [-0.05, 0) is 54.8 Å². The lowest BCUT2D eigenvalue weighted by Gasteiger charge is -2.41. The van der Waals surface area contributed by atoms with Crippen molar-refractivity contribution in [2.45, 2.75) is 52.7 Å². The SMILES string of the molecule is CC1CC(C)C(C)N(Cc2ccc3c(c2)CNCC3)C1. The summed E-state index contributed by atoms with van der Waals surface area (Å²) in [6, 6.07) is 7.84. The molecule has 2 nitrogen and oxygen atoms in total. The molecule has 1 saturated heterocycles. The number of fused-ring (bicyclic) bond motifs is 1. The van der Waals surface area contributed by atoms with Gasteiger partial charge in [-0.25, -0.2) is 0 Å². The Hall–Kier alpha value is -0.860. The normalized spacial score (nSPS) is 31.1. The molecule has 0 amide bonds. The average Bonchev–Trinajstić information content (AvgIpc) is 2.44. The second kappa shape index (κ2) is 5.87. The van der Waals surface area contributed by atoms with Gasteiger partial charge in [0.2, 0.25) is 0 Å². The predicted octanol–water partition coefficient (Wildman–Crippen LogP) is 3.20. The van der Waals surface area contributed by atoms with Crippen LogP contribution in [0.5, 0.6) is 0 Å². The summed E-state index contributed by atoms with van der Waals surface area (Å²) in [5, 5.41) is 3.48. The number of piperidine rings is 1. The van der Waals surface area contributed by atoms with Crippen molar-refractivity contribution >= 4 is 0 Å². The maximum Gasteiger partial charge on any atom is 0.0236 e. The van der Waals surface area contributed by atoms with Crippen molar-refractivity contribution in [3.05, 3.63) is 34.9 Å². The molecule has 0 bridgehead atoms. The van der Waals surface area contributed by atoms with Crippen LogP contribution in [0.3, 0.4) is 0 Å². The van der Waals surface area contributed by atoms with Crippen molar-refractivity contribution in [2.24, 2.45) is 11.8 Å². The Morgan fingerprint density at radius 3 is 2.90 bits per heavy atom. The van der Waals surface area contributed by atoms with E-state index < -0.39 is 0 Å². The van der Waals surface area contributed by atoms with Crippen LogP contribution in [-0.4, -0.2) is 24.0 Å². The van der Waals surface area contributed by atoms with Crippen molar-refractivity contribution in [1.82, 2.24) is 10.2 Å². The Morgan fingerprint density at radius 2 is 2.05 bits per heavy atom. The van der Waals surface area contributed by atoms with Crippen molar-refractivity contribution in [1.29, 1.82) is 0 Å². The zero-order valence-corrected chi connectivity index (χ0v) is 13.2. The van der Waals surface area contributed by atoms with E-state index in [-0.39, 0.29) is 0 Å². The van der Waals surface area contributed by atoms with Crippen molar-refractivity contribution in [3.63, 3.8) is 0 Å². The van der Waals surface area contributed by atoms with Gasteiger partial charge in [0.15, 0.2) is 0 Å². The number of benzene rings is 1. The largest absolute Gasteiger partial charge is 0.312 e. The monoisotopic (exact) mass is 272 g/mol. The highest BCUT2D eigenvalue weighted by Crippen LogP contribution is 2.28. The van der Waals surface area contributed by atoms with E-state index in [2.05, 4.69) is 49.2 Å². The minimum atomic E-state index is 0.709. The van der Waals surface area contributed by atoms with Gasteiger partial charge in [0, 0.05) is 25.7 Å². The molecule has 1 aromatic carbocycles. The molecule has 3 rings (SSSR count). The molecular formula is C18H28N2.